The van der Waals surface area contributed by atoms with Gasteiger partial charge in [0.15, 0.2) is 5.65 Å². The van der Waals surface area contributed by atoms with Gasteiger partial charge in [0.1, 0.15) is 11.3 Å². The summed E-state index contributed by atoms with van der Waals surface area (Å²) >= 11 is 0. The molecule has 0 aliphatic rings. The summed E-state index contributed by atoms with van der Waals surface area (Å²) in [4.78, 5) is 25.3. The first-order valence-corrected chi connectivity index (χ1v) is 12.6. The van der Waals surface area contributed by atoms with Crippen LogP contribution < -0.4 is 10.6 Å². The SMILES string of the molecule is CCOC(=O)Nc1cc(NCCc2ccc(S(=O)(=O)N(CC)CC)cc2)c2ncc(C)nc2n1. The smallest absolute Gasteiger partial charge is 0.412 e. The third kappa shape index (κ3) is 5.97. The maximum Gasteiger partial charge on any atom is 0.412 e. The van der Waals surface area contributed by atoms with E-state index >= 15 is 0 Å². The Morgan fingerprint density at radius 1 is 1.09 bits per heavy atom. The molecule has 2 aromatic heterocycles. The summed E-state index contributed by atoms with van der Waals surface area (Å²) in [6, 6.07) is 8.60. The number of carbonyl (C=O) groups excluding carboxylic acids is 1. The monoisotopic (exact) mass is 486 g/mol. The topological polar surface area (TPSA) is 126 Å². The Balaban J connectivity index is 1.74. The van der Waals surface area contributed by atoms with E-state index in [-0.39, 0.29) is 11.5 Å². The molecule has 3 aromatic rings. The standard InChI is InChI=1S/C23H30N6O4S/c1-5-29(6-2)34(31,32)18-10-8-17(9-11-18)12-13-24-19-14-20(28-23(30)33-7-3)27-22-21(19)25-15-16(4)26-22/h8-11,14-15H,5-7,12-13H2,1-4H3,(H2,24,26,27,28,30). The van der Waals surface area contributed by atoms with E-state index in [9.17, 15) is 13.2 Å². The molecule has 0 radical (unpaired) electrons. The van der Waals surface area contributed by atoms with Crippen LogP contribution in [0, 0.1) is 6.92 Å². The van der Waals surface area contributed by atoms with Gasteiger partial charge in [-0.25, -0.2) is 28.2 Å². The van der Waals surface area contributed by atoms with E-state index in [0.717, 1.165) is 5.56 Å². The van der Waals surface area contributed by atoms with Crippen molar-refractivity contribution in [2.45, 2.75) is 39.0 Å². The highest BCUT2D eigenvalue weighted by Crippen LogP contribution is 2.23. The van der Waals surface area contributed by atoms with E-state index in [1.54, 1.807) is 31.3 Å². The molecular weight excluding hydrogens is 456 g/mol. The van der Waals surface area contributed by atoms with Crippen molar-refractivity contribution in [1.82, 2.24) is 19.3 Å². The molecule has 0 aliphatic carbocycles. The maximum atomic E-state index is 12.7. The predicted molar refractivity (Wildman–Crippen MR) is 131 cm³/mol. The predicted octanol–water partition coefficient (Wildman–Crippen LogP) is 3.59. The number of hydrogen-bond acceptors (Lipinski definition) is 8. The Labute approximate surface area is 199 Å². The van der Waals surface area contributed by atoms with Crippen LogP contribution in [-0.4, -0.2) is 60.0 Å². The summed E-state index contributed by atoms with van der Waals surface area (Å²) in [7, 11) is -3.48. The van der Waals surface area contributed by atoms with E-state index in [4.69, 9.17) is 4.74 Å². The van der Waals surface area contributed by atoms with Crippen LogP contribution in [0.5, 0.6) is 0 Å². The van der Waals surface area contributed by atoms with Crippen LogP contribution in [0.3, 0.4) is 0 Å². The van der Waals surface area contributed by atoms with E-state index in [2.05, 4.69) is 25.6 Å². The molecule has 1 aromatic carbocycles. The molecule has 0 unspecified atom stereocenters. The first-order valence-electron chi connectivity index (χ1n) is 11.2. The number of sulfonamides is 1. The number of aromatic nitrogens is 3. The molecule has 1 amide bonds. The zero-order valence-electron chi connectivity index (χ0n) is 19.8. The number of aryl methyl sites for hydroxylation is 1. The molecule has 0 bridgehead atoms. The molecule has 2 heterocycles. The zero-order valence-corrected chi connectivity index (χ0v) is 20.6. The Morgan fingerprint density at radius 2 is 1.79 bits per heavy atom. The fourth-order valence-corrected chi connectivity index (χ4v) is 4.89. The average Bonchev–Trinajstić information content (AvgIpc) is 2.80. The number of benzene rings is 1. The van der Waals surface area contributed by atoms with Crippen LogP contribution in [0.1, 0.15) is 32.0 Å². The van der Waals surface area contributed by atoms with Gasteiger partial charge in [-0.1, -0.05) is 26.0 Å². The van der Waals surface area contributed by atoms with Gasteiger partial charge in [-0.05, 0) is 38.0 Å². The van der Waals surface area contributed by atoms with Gasteiger partial charge in [-0.15, -0.1) is 0 Å². The molecule has 10 nitrogen and oxygen atoms in total. The molecule has 0 saturated carbocycles. The van der Waals surface area contributed by atoms with E-state index in [1.165, 1.54) is 4.31 Å². The van der Waals surface area contributed by atoms with Gasteiger partial charge < -0.3 is 10.1 Å². The number of carbonyl (C=O) groups is 1. The molecule has 0 aliphatic heterocycles. The molecular formula is C23H30N6O4S. The molecule has 2 N–H and O–H groups in total. The molecule has 11 heteroatoms. The molecule has 0 atom stereocenters. The third-order valence-corrected chi connectivity index (χ3v) is 7.20. The lowest BCUT2D eigenvalue weighted by Gasteiger charge is -2.18. The van der Waals surface area contributed by atoms with Crippen molar-refractivity contribution in [1.29, 1.82) is 0 Å². The second-order valence-electron chi connectivity index (χ2n) is 7.49. The first-order chi connectivity index (χ1) is 16.3. The van der Waals surface area contributed by atoms with Crippen LogP contribution in [0.2, 0.25) is 0 Å². The van der Waals surface area contributed by atoms with Crippen molar-refractivity contribution in [2.24, 2.45) is 0 Å². The van der Waals surface area contributed by atoms with Crippen molar-refractivity contribution in [3.05, 3.63) is 47.8 Å². The molecule has 0 fully saturated rings. The highest BCUT2D eigenvalue weighted by atomic mass is 32.2. The fraction of sp³-hybridized carbons (Fsp3) is 0.391. The Hall–Kier alpha value is -3.31. The molecule has 34 heavy (non-hydrogen) atoms. The average molecular weight is 487 g/mol. The van der Waals surface area contributed by atoms with Crippen LogP contribution in [0.25, 0.3) is 11.2 Å². The molecule has 182 valence electrons. The number of pyridine rings is 1. The van der Waals surface area contributed by atoms with E-state index in [0.29, 0.717) is 54.4 Å². The van der Waals surface area contributed by atoms with Crippen molar-refractivity contribution >= 4 is 38.8 Å². The summed E-state index contributed by atoms with van der Waals surface area (Å²) < 4.78 is 31.7. The lowest BCUT2D eigenvalue weighted by molar-refractivity contribution is 0.168. The largest absolute Gasteiger partial charge is 0.450 e. The van der Waals surface area contributed by atoms with Crippen molar-refractivity contribution in [3.63, 3.8) is 0 Å². The van der Waals surface area contributed by atoms with Crippen LogP contribution in [-0.2, 0) is 21.2 Å². The number of ether oxygens (including phenoxy) is 1. The number of anilines is 2. The van der Waals surface area contributed by atoms with E-state index < -0.39 is 16.1 Å². The minimum Gasteiger partial charge on any atom is -0.450 e. The molecule has 3 rings (SSSR count). The maximum absolute atomic E-state index is 12.7. The van der Waals surface area contributed by atoms with Gasteiger partial charge in [-0.2, -0.15) is 4.31 Å². The quantitative estimate of drug-likeness (QED) is 0.445. The van der Waals surface area contributed by atoms with Crippen LogP contribution in [0.15, 0.2) is 41.4 Å². The minimum absolute atomic E-state index is 0.248. The van der Waals surface area contributed by atoms with Crippen molar-refractivity contribution in [3.8, 4) is 0 Å². The third-order valence-electron chi connectivity index (χ3n) is 5.14. The number of nitrogens with one attached hydrogen (secondary N) is 2. The van der Waals surface area contributed by atoms with Gasteiger partial charge in [-0.3, -0.25) is 5.32 Å². The second-order valence-corrected chi connectivity index (χ2v) is 9.43. The highest BCUT2D eigenvalue weighted by molar-refractivity contribution is 7.89. The van der Waals surface area contributed by atoms with Gasteiger partial charge in [0.05, 0.1) is 22.9 Å². The Morgan fingerprint density at radius 3 is 2.44 bits per heavy atom. The number of fused-ring (bicyclic) bond motifs is 1. The molecule has 0 spiro atoms. The lowest BCUT2D eigenvalue weighted by atomic mass is 10.1. The van der Waals surface area contributed by atoms with Gasteiger partial charge in [0.2, 0.25) is 10.0 Å². The zero-order chi connectivity index (χ0) is 24.7. The summed E-state index contributed by atoms with van der Waals surface area (Å²) in [5.41, 5.74) is 3.35. The van der Waals surface area contributed by atoms with Crippen molar-refractivity contribution < 1.29 is 17.9 Å². The van der Waals surface area contributed by atoms with Crippen LogP contribution >= 0.6 is 0 Å². The number of amides is 1. The summed E-state index contributed by atoms with van der Waals surface area (Å²) in [5, 5.41) is 5.92. The summed E-state index contributed by atoms with van der Waals surface area (Å²) in [6.45, 7) is 8.85. The van der Waals surface area contributed by atoms with Crippen LogP contribution in [0.4, 0.5) is 16.3 Å². The Kier molecular flexibility index (Phi) is 8.35. The highest BCUT2D eigenvalue weighted by Gasteiger charge is 2.21. The first kappa shape index (κ1) is 25.3. The number of rotatable bonds is 10. The van der Waals surface area contributed by atoms with Gasteiger partial charge in [0.25, 0.3) is 0 Å². The van der Waals surface area contributed by atoms with Crippen molar-refractivity contribution in [2.75, 3.05) is 36.9 Å². The van der Waals surface area contributed by atoms with Gasteiger partial charge >= 0.3 is 6.09 Å². The minimum atomic E-state index is -3.48. The molecule has 0 saturated heterocycles. The summed E-state index contributed by atoms with van der Waals surface area (Å²) in [6.07, 6.45) is 1.71. The lowest BCUT2D eigenvalue weighted by Crippen LogP contribution is -2.30. The fourth-order valence-electron chi connectivity index (χ4n) is 3.44. The normalized spacial score (nSPS) is 11.6. The van der Waals surface area contributed by atoms with Gasteiger partial charge in [0, 0.05) is 31.9 Å². The number of hydrogen-bond donors (Lipinski definition) is 2. The second kappa shape index (κ2) is 11.2. The Bertz CT molecular complexity index is 1240. The summed E-state index contributed by atoms with van der Waals surface area (Å²) in [5.74, 6) is 0.305. The number of nitrogens with zero attached hydrogens (tertiary/aromatic N) is 4. The van der Waals surface area contributed by atoms with E-state index in [1.807, 2.05) is 32.9 Å².